The van der Waals surface area contributed by atoms with Gasteiger partial charge in [0.05, 0.1) is 12.6 Å². The van der Waals surface area contributed by atoms with Crippen LogP contribution in [0.25, 0.3) is 0 Å². The summed E-state index contributed by atoms with van der Waals surface area (Å²) >= 11 is 1.10. The molecule has 1 amide bonds. The van der Waals surface area contributed by atoms with Crippen molar-refractivity contribution in [3.63, 3.8) is 0 Å². The van der Waals surface area contributed by atoms with E-state index in [0.717, 1.165) is 17.0 Å². The molecule has 3 N–H and O–H groups in total. The van der Waals surface area contributed by atoms with E-state index < -0.39 is 0 Å². The zero-order valence-electron chi connectivity index (χ0n) is 10.8. The molecule has 1 aliphatic rings. The van der Waals surface area contributed by atoms with E-state index in [4.69, 9.17) is 0 Å². The minimum atomic E-state index is -0.213. The number of fused-ring (bicyclic) bond motifs is 1. The Morgan fingerprint density at radius 1 is 1.35 bits per heavy atom. The van der Waals surface area contributed by atoms with Crippen molar-refractivity contribution in [1.82, 2.24) is 15.6 Å². The third-order valence-corrected chi connectivity index (χ3v) is 4.14. The summed E-state index contributed by atoms with van der Waals surface area (Å²) in [5.74, 6) is -0.0356. The first-order valence-electron chi connectivity index (χ1n) is 6.47. The Morgan fingerprint density at radius 2 is 2.15 bits per heavy atom. The molecule has 0 spiro atoms. The van der Waals surface area contributed by atoms with Gasteiger partial charge in [-0.15, -0.1) is 0 Å². The van der Waals surface area contributed by atoms with Crippen molar-refractivity contribution in [2.24, 2.45) is 0 Å². The van der Waals surface area contributed by atoms with Crippen LogP contribution in [0.2, 0.25) is 0 Å². The molecular weight excluding hydrogens is 274 g/mol. The molecule has 5 nitrogen and oxygen atoms in total. The molecule has 1 unspecified atom stereocenters. The smallest absolute Gasteiger partial charge is 0.304 e. The van der Waals surface area contributed by atoms with Gasteiger partial charge in [-0.3, -0.25) is 9.59 Å². The summed E-state index contributed by atoms with van der Waals surface area (Å²) in [4.78, 5) is 25.7. The van der Waals surface area contributed by atoms with E-state index in [1.807, 2.05) is 12.1 Å². The Balaban J connectivity index is 1.60. The number of carbonyl (C=O) groups is 1. The summed E-state index contributed by atoms with van der Waals surface area (Å²) in [6.45, 7) is 1.07. The van der Waals surface area contributed by atoms with Crippen LogP contribution in [0.15, 0.2) is 34.4 Å². The quantitative estimate of drug-likeness (QED) is 0.781. The van der Waals surface area contributed by atoms with Crippen molar-refractivity contribution in [1.29, 1.82) is 0 Å². The predicted molar refractivity (Wildman–Crippen MR) is 77.6 cm³/mol. The Labute approximate surface area is 120 Å². The zero-order valence-corrected chi connectivity index (χ0v) is 11.6. The lowest BCUT2D eigenvalue weighted by atomic mass is 9.95. The maximum absolute atomic E-state index is 12.1. The Hall–Kier alpha value is -1.92. The lowest BCUT2D eigenvalue weighted by Gasteiger charge is -2.25. The second kappa shape index (κ2) is 5.60. The van der Waals surface area contributed by atoms with Crippen molar-refractivity contribution in [2.75, 3.05) is 0 Å². The molecule has 1 aromatic carbocycles. The maximum atomic E-state index is 12.1. The zero-order chi connectivity index (χ0) is 13.9. The fraction of sp³-hybridized carbons (Fsp3) is 0.286. The Bertz CT molecular complexity index is 677. The molecule has 1 aromatic heterocycles. The van der Waals surface area contributed by atoms with E-state index in [0.29, 0.717) is 19.5 Å². The summed E-state index contributed by atoms with van der Waals surface area (Å²) in [7, 11) is 0. The molecule has 0 bridgehead atoms. The monoisotopic (exact) mass is 289 g/mol. The normalized spacial score (nSPS) is 17.5. The second-order valence-electron chi connectivity index (χ2n) is 4.80. The number of hydrogen-bond donors (Lipinski definition) is 3. The van der Waals surface area contributed by atoms with Gasteiger partial charge in [-0.25, -0.2) is 0 Å². The number of rotatable bonds is 3. The van der Waals surface area contributed by atoms with Gasteiger partial charge in [-0.05, 0) is 17.5 Å². The van der Waals surface area contributed by atoms with Gasteiger partial charge in [-0.1, -0.05) is 35.6 Å². The number of thiazole rings is 1. The molecule has 0 fully saturated rings. The van der Waals surface area contributed by atoms with Crippen molar-refractivity contribution < 1.29 is 4.79 Å². The number of hydrogen-bond acceptors (Lipinski definition) is 4. The van der Waals surface area contributed by atoms with Crippen LogP contribution in [-0.2, 0) is 24.3 Å². The fourth-order valence-corrected chi connectivity index (χ4v) is 2.93. The highest BCUT2D eigenvalue weighted by atomic mass is 32.1. The first kappa shape index (κ1) is 13.1. The lowest BCUT2D eigenvalue weighted by molar-refractivity contribution is -0.123. The van der Waals surface area contributed by atoms with E-state index in [2.05, 4.69) is 27.8 Å². The Kier molecular flexibility index (Phi) is 3.66. The van der Waals surface area contributed by atoms with Crippen LogP contribution < -0.4 is 15.5 Å². The highest BCUT2D eigenvalue weighted by Crippen LogP contribution is 2.16. The molecule has 1 aliphatic heterocycles. The number of nitrogens with one attached hydrogen (secondary N) is 3. The summed E-state index contributed by atoms with van der Waals surface area (Å²) in [6.07, 6.45) is 0.697. The third kappa shape index (κ3) is 2.81. The average molecular weight is 289 g/mol. The van der Waals surface area contributed by atoms with E-state index in [9.17, 15) is 9.59 Å². The summed E-state index contributed by atoms with van der Waals surface area (Å²) in [5.41, 5.74) is 3.21. The van der Waals surface area contributed by atoms with Gasteiger partial charge in [0.25, 0.3) is 0 Å². The maximum Gasteiger partial charge on any atom is 0.304 e. The van der Waals surface area contributed by atoms with Crippen LogP contribution in [-0.4, -0.2) is 16.9 Å². The van der Waals surface area contributed by atoms with Gasteiger partial charge in [0.15, 0.2) is 0 Å². The van der Waals surface area contributed by atoms with Crippen LogP contribution in [0.3, 0.4) is 0 Å². The largest absolute Gasteiger partial charge is 0.349 e. The number of aromatic nitrogens is 1. The van der Waals surface area contributed by atoms with E-state index in [-0.39, 0.29) is 16.8 Å². The van der Waals surface area contributed by atoms with E-state index in [1.165, 1.54) is 11.1 Å². The van der Waals surface area contributed by atoms with Crippen LogP contribution in [0, 0.1) is 0 Å². The van der Waals surface area contributed by atoms with Crippen LogP contribution in [0.1, 0.15) is 16.8 Å². The molecular formula is C14H15N3O2S. The average Bonchev–Trinajstić information content (AvgIpc) is 2.90. The van der Waals surface area contributed by atoms with Crippen molar-refractivity contribution in [3.8, 4) is 0 Å². The van der Waals surface area contributed by atoms with Crippen molar-refractivity contribution >= 4 is 17.2 Å². The fourth-order valence-electron chi connectivity index (χ4n) is 2.35. The van der Waals surface area contributed by atoms with Crippen molar-refractivity contribution in [3.05, 3.63) is 56.1 Å². The van der Waals surface area contributed by atoms with Gasteiger partial charge in [0.1, 0.15) is 0 Å². The Morgan fingerprint density at radius 3 is 2.90 bits per heavy atom. The molecule has 2 heterocycles. The summed E-state index contributed by atoms with van der Waals surface area (Å²) in [6, 6.07) is 7.93. The van der Waals surface area contributed by atoms with Gasteiger partial charge in [0, 0.05) is 17.6 Å². The summed E-state index contributed by atoms with van der Waals surface area (Å²) < 4.78 is 0. The number of H-pyrrole nitrogens is 1. The minimum absolute atomic E-state index is 0.0356. The van der Waals surface area contributed by atoms with Gasteiger partial charge in [-0.2, -0.15) is 0 Å². The van der Waals surface area contributed by atoms with Crippen molar-refractivity contribution in [2.45, 2.75) is 25.6 Å². The molecule has 104 valence electrons. The van der Waals surface area contributed by atoms with E-state index >= 15 is 0 Å². The number of carbonyl (C=O) groups excluding carboxylic acids is 1. The van der Waals surface area contributed by atoms with Crippen LogP contribution in [0.5, 0.6) is 0 Å². The predicted octanol–water partition coefficient (Wildman–Crippen LogP) is 0.767. The van der Waals surface area contributed by atoms with E-state index in [1.54, 1.807) is 5.38 Å². The van der Waals surface area contributed by atoms with Gasteiger partial charge in [0.2, 0.25) is 5.91 Å². The van der Waals surface area contributed by atoms with Crippen LogP contribution >= 0.6 is 11.3 Å². The highest BCUT2D eigenvalue weighted by molar-refractivity contribution is 7.07. The minimum Gasteiger partial charge on any atom is -0.349 e. The van der Waals surface area contributed by atoms with Gasteiger partial charge >= 0.3 is 4.87 Å². The molecule has 20 heavy (non-hydrogen) atoms. The molecule has 2 aromatic rings. The number of benzene rings is 1. The molecule has 0 saturated heterocycles. The molecule has 3 rings (SSSR count). The molecule has 6 heteroatoms. The lowest BCUT2D eigenvalue weighted by Crippen LogP contribution is -2.47. The first-order valence-corrected chi connectivity index (χ1v) is 7.35. The molecule has 0 radical (unpaired) electrons. The SMILES string of the molecule is O=C(NCc1csc(=O)[nH]1)C1Cc2ccccc2CN1. The second-order valence-corrected chi connectivity index (χ2v) is 5.64. The van der Waals surface area contributed by atoms with Gasteiger partial charge < -0.3 is 15.6 Å². The summed E-state index contributed by atoms with van der Waals surface area (Å²) in [5, 5.41) is 7.81. The number of amides is 1. The van der Waals surface area contributed by atoms with Crippen LogP contribution in [0.4, 0.5) is 0 Å². The highest BCUT2D eigenvalue weighted by Gasteiger charge is 2.23. The topological polar surface area (TPSA) is 74.0 Å². The standard InChI is InChI=1S/C14H15N3O2S/c18-13(16-7-11-8-20-14(19)17-11)12-5-9-3-1-2-4-10(9)6-15-12/h1-4,8,12,15H,5-7H2,(H,16,18)(H,17,19). The first-order chi connectivity index (χ1) is 9.72. The molecule has 1 atom stereocenters. The number of aromatic amines is 1. The third-order valence-electron chi connectivity index (χ3n) is 3.42. The molecule has 0 saturated carbocycles. The molecule has 0 aliphatic carbocycles.